The molecule has 0 unspecified atom stereocenters. The Hall–Kier alpha value is -3.82. The second kappa shape index (κ2) is 9.20. The van der Waals surface area contributed by atoms with Gasteiger partial charge in [0, 0.05) is 36.9 Å². The molecule has 0 fully saturated rings. The van der Waals surface area contributed by atoms with Crippen molar-refractivity contribution in [2.24, 2.45) is 0 Å². The van der Waals surface area contributed by atoms with Gasteiger partial charge in [0.25, 0.3) is 0 Å². The first-order chi connectivity index (χ1) is 16.2. The lowest BCUT2D eigenvalue weighted by Gasteiger charge is -2.16. The van der Waals surface area contributed by atoms with Crippen molar-refractivity contribution in [3.8, 4) is 28.3 Å². The van der Waals surface area contributed by atoms with E-state index in [4.69, 9.17) is 9.47 Å². The van der Waals surface area contributed by atoms with Gasteiger partial charge in [0.2, 0.25) is 0 Å². The van der Waals surface area contributed by atoms with Gasteiger partial charge in [-0.1, -0.05) is 6.07 Å². The molecule has 34 heavy (non-hydrogen) atoms. The second-order valence-electron chi connectivity index (χ2n) is 7.67. The quantitative estimate of drug-likeness (QED) is 0.319. The van der Waals surface area contributed by atoms with Gasteiger partial charge in [-0.05, 0) is 24.6 Å². The number of imidazole rings is 1. The molecule has 0 saturated carbocycles. The summed E-state index contributed by atoms with van der Waals surface area (Å²) in [6.07, 6.45) is -0.954. The third-order valence-corrected chi connectivity index (χ3v) is 5.52. The van der Waals surface area contributed by atoms with E-state index in [-0.39, 0.29) is 17.1 Å². The molecule has 2 aromatic heterocycles. The first-order valence-electron chi connectivity index (χ1n) is 10.6. The molecule has 4 rings (SSSR count). The molecule has 2 heterocycles. The molecule has 4 aromatic rings. The number of nitrogens with zero attached hydrogens (tertiary/aromatic N) is 4. The van der Waals surface area contributed by atoms with Crippen LogP contribution in [0.3, 0.4) is 0 Å². The van der Waals surface area contributed by atoms with Gasteiger partial charge in [0.1, 0.15) is 23.4 Å². The number of methoxy groups -OCH3 is 2. The van der Waals surface area contributed by atoms with E-state index >= 15 is 0 Å². The molecule has 7 nitrogen and oxygen atoms in total. The molecule has 0 saturated heterocycles. The maximum atomic E-state index is 12.6. The number of carbonyl (C=O) groups excluding carboxylic acids is 1. The number of ether oxygens (including phenoxy) is 2. The van der Waals surface area contributed by atoms with Gasteiger partial charge in [-0.2, -0.15) is 18.3 Å². The Morgan fingerprint density at radius 3 is 2.35 bits per heavy atom. The molecular formula is C24H23F3N4O3. The highest BCUT2D eigenvalue weighted by atomic mass is 19.4. The molecule has 0 amide bonds. The second-order valence-corrected chi connectivity index (χ2v) is 7.67. The lowest BCUT2D eigenvalue weighted by atomic mass is 10.0. The first kappa shape index (κ1) is 23.3. The van der Waals surface area contributed by atoms with Crippen LogP contribution >= 0.6 is 0 Å². The number of ketones is 1. The van der Waals surface area contributed by atoms with Crippen LogP contribution in [-0.2, 0) is 6.54 Å². The Bertz CT molecular complexity index is 1320. The third kappa shape index (κ3) is 4.61. The summed E-state index contributed by atoms with van der Waals surface area (Å²) >= 11 is 0. The van der Waals surface area contributed by atoms with E-state index in [0.717, 1.165) is 28.7 Å². The van der Waals surface area contributed by atoms with E-state index in [9.17, 15) is 18.0 Å². The number of Topliss-reactive ketones (excluding diaryl/α,β-unsaturated/α-hetero) is 1. The lowest BCUT2D eigenvalue weighted by molar-refractivity contribution is -0.133. The molecule has 0 N–H and O–H groups in total. The highest BCUT2D eigenvalue weighted by Gasteiger charge is 2.30. The van der Waals surface area contributed by atoms with Crippen molar-refractivity contribution < 1.29 is 27.4 Å². The average Bonchev–Trinajstić information content (AvgIpc) is 3.47. The topological polar surface area (TPSA) is 71.2 Å². The van der Waals surface area contributed by atoms with Crippen LogP contribution in [0.4, 0.5) is 13.2 Å². The van der Waals surface area contributed by atoms with Gasteiger partial charge in [-0.25, -0.2) is 4.98 Å². The van der Waals surface area contributed by atoms with E-state index in [1.807, 2.05) is 36.0 Å². The summed E-state index contributed by atoms with van der Waals surface area (Å²) in [6.45, 7) is 2.79. The number of alkyl halides is 3. The van der Waals surface area contributed by atoms with Crippen molar-refractivity contribution >= 4 is 16.8 Å². The first-order valence-corrected chi connectivity index (χ1v) is 10.6. The van der Waals surface area contributed by atoms with E-state index in [2.05, 4.69) is 10.1 Å². The predicted octanol–water partition coefficient (Wildman–Crippen LogP) is 5.45. The monoisotopic (exact) mass is 472 g/mol. The van der Waals surface area contributed by atoms with E-state index in [1.165, 1.54) is 14.2 Å². The van der Waals surface area contributed by atoms with Crippen LogP contribution < -0.4 is 9.47 Å². The minimum absolute atomic E-state index is 0.0161. The van der Waals surface area contributed by atoms with Gasteiger partial charge < -0.3 is 9.47 Å². The fourth-order valence-corrected chi connectivity index (χ4v) is 3.78. The number of benzene rings is 2. The highest BCUT2D eigenvalue weighted by Crippen LogP contribution is 2.36. The predicted molar refractivity (Wildman–Crippen MR) is 121 cm³/mol. The summed E-state index contributed by atoms with van der Waals surface area (Å²) in [5.41, 5.74) is 4.06. The van der Waals surface area contributed by atoms with Crippen LogP contribution in [0.5, 0.6) is 11.5 Å². The average molecular weight is 472 g/mol. The minimum atomic E-state index is -4.43. The summed E-state index contributed by atoms with van der Waals surface area (Å²) < 4.78 is 52.2. The molecule has 0 atom stereocenters. The SMILES string of the molecule is CCn1cc(-c2ccc3c(c2)ncn3-c2cc(OC)c(C(=O)CCC(F)(F)F)c(OC)c2)cn1. The summed E-state index contributed by atoms with van der Waals surface area (Å²) in [6, 6.07) is 9.00. The van der Waals surface area contributed by atoms with Crippen molar-refractivity contribution in [1.29, 1.82) is 0 Å². The van der Waals surface area contributed by atoms with Gasteiger partial charge in [-0.15, -0.1) is 0 Å². The number of fused-ring (bicyclic) bond motifs is 1. The molecule has 0 spiro atoms. The molecule has 0 aliphatic heterocycles. The number of hydrogen-bond donors (Lipinski definition) is 0. The Balaban J connectivity index is 1.72. The fraction of sp³-hybridized carbons (Fsp3) is 0.292. The largest absolute Gasteiger partial charge is 0.496 e. The number of aryl methyl sites for hydroxylation is 1. The summed E-state index contributed by atoms with van der Waals surface area (Å²) in [5.74, 6) is -0.440. The number of hydrogen-bond acceptors (Lipinski definition) is 5. The zero-order valence-electron chi connectivity index (χ0n) is 18.9. The van der Waals surface area contributed by atoms with Gasteiger partial charge in [-0.3, -0.25) is 14.0 Å². The van der Waals surface area contributed by atoms with Gasteiger partial charge >= 0.3 is 6.18 Å². The Morgan fingerprint density at radius 2 is 1.76 bits per heavy atom. The Kier molecular flexibility index (Phi) is 6.32. The highest BCUT2D eigenvalue weighted by molar-refractivity contribution is 6.02. The molecular weight excluding hydrogens is 449 g/mol. The summed E-state index contributed by atoms with van der Waals surface area (Å²) in [5, 5.41) is 4.30. The number of halogens is 3. The van der Waals surface area contributed by atoms with E-state index < -0.39 is 24.8 Å². The Labute approximate surface area is 193 Å². The van der Waals surface area contributed by atoms with Crippen LogP contribution in [-0.4, -0.2) is 45.5 Å². The summed E-state index contributed by atoms with van der Waals surface area (Å²) in [7, 11) is 2.71. The van der Waals surface area contributed by atoms with E-state index in [1.54, 1.807) is 29.2 Å². The van der Waals surface area contributed by atoms with Gasteiger partial charge in [0.15, 0.2) is 5.78 Å². The standard InChI is InChI=1S/C24H23F3N4O3/c1-4-30-13-16(12-29-30)15-5-6-19-18(9-15)28-14-31(19)17-10-21(33-2)23(22(11-17)34-3)20(32)7-8-24(25,26)27/h5-6,9-14H,4,7-8H2,1-3H3. The number of carbonyl (C=O) groups is 1. The van der Waals surface area contributed by atoms with Crippen molar-refractivity contribution in [3.63, 3.8) is 0 Å². The van der Waals surface area contributed by atoms with Crippen molar-refractivity contribution in [2.45, 2.75) is 32.5 Å². The minimum Gasteiger partial charge on any atom is -0.496 e. The van der Waals surface area contributed by atoms with Crippen LogP contribution in [0.1, 0.15) is 30.1 Å². The molecule has 0 aliphatic rings. The van der Waals surface area contributed by atoms with Crippen LogP contribution in [0.2, 0.25) is 0 Å². The van der Waals surface area contributed by atoms with Crippen LogP contribution in [0, 0.1) is 0 Å². The van der Waals surface area contributed by atoms with Crippen LogP contribution in [0.15, 0.2) is 49.1 Å². The third-order valence-electron chi connectivity index (χ3n) is 5.52. The molecule has 10 heteroatoms. The zero-order chi connectivity index (χ0) is 24.5. The Morgan fingerprint density at radius 1 is 1.06 bits per heavy atom. The van der Waals surface area contributed by atoms with Crippen molar-refractivity contribution in [2.75, 3.05) is 14.2 Å². The lowest BCUT2D eigenvalue weighted by Crippen LogP contribution is -2.13. The molecule has 178 valence electrons. The zero-order valence-corrected chi connectivity index (χ0v) is 18.9. The van der Waals surface area contributed by atoms with Crippen molar-refractivity contribution in [1.82, 2.24) is 19.3 Å². The molecule has 0 radical (unpaired) electrons. The smallest absolute Gasteiger partial charge is 0.389 e. The summed E-state index contributed by atoms with van der Waals surface area (Å²) in [4.78, 5) is 17.1. The fourth-order valence-electron chi connectivity index (χ4n) is 3.78. The van der Waals surface area contributed by atoms with Crippen molar-refractivity contribution in [3.05, 3.63) is 54.6 Å². The van der Waals surface area contributed by atoms with Gasteiger partial charge in [0.05, 0.1) is 43.6 Å². The number of rotatable bonds is 8. The maximum absolute atomic E-state index is 12.6. The molecule has 0 bridgehead atoms. The van der Waals surface area contributed by atoms with Crippen LogP contribution in [0.25, 0.3) is 27.8 Å². The maximum Gasteiger partial charge on any atom is 0.389 e. The normalized spacial score (nSPS) is 11.7. The number of aromatic nitrogens is 4. The molecule has 2 aromatic carbocycles. The van der Waals surface area contributed by atoms with E-state index in [0.29, 0.717) is 5.69 Å². The molecule has 0 aliphatic carbocycles.